The van der Waals surface area contributed by atoms with Gasteiger partial charge in [0.1, 0.15) is 0 Å². The summed E-state index contributed by atoms with van der Waals surface area (Å²) in [5.41, 5.74) is -0.0133. The van der Waals surface area contributed by atoms with Crippen molar-refractivity contribution in [1.29, 1.82) is 0 Å². The molecule has 0 radical (unpaired) electrons. The highest BCUT2D eigenvalue weighted by Crippen LogP contribution is 2.55. The zero-order chi connectivity index (χ0) is 14.0. The summed E-state index contributed by atoms with van der Waals surface area (Å²) in [6.45, 7) is 0.695. The van der Waals surface area contributed by atoms with Crippen molar-refractivity contribution in [2.45, 2.75) is 11.8 Å². The Hall–Kier alpha value is -1.75. The monoisotopic (exact) mass is 265 g/mol. The second kappa shape index (κ2) is 5.09. The van der Waals surface area contributed by atoms with E-state index < -0.39 is 11.4 Å². The Labute approximate surface area is 112 Å². The fraction of sp³-hybridized carbons (Fsp3) is 0.500. The molecule has 1 aromatic carbocycles. The number of ether oxygens (including phenoxy) is 2. The minimum absolute atomic E-state index is 0.119. The van der Waals surface area contributed by atoms with Gasteiger partial charge in [0.05, 0.1) is 19.6 Å². The lowest BCUT2D eigenvalue weighted by Crippen LogP contribution is -2.26. The van der Waals surface area contributed by atoms with Crippen LogP contribution in [-0.4, -0.2) is 38.9 Å². The summed E-state index contributed by atoms with van der Waals surface area (Å²) in [7, 11) is 4.94. The molecule has 0 aromatic heterocycles. The van der Waals surface area contributed by atoms with Gasteiger partial charge in [0, 0.05) is 0 Å². The predicted molar refractivity (Wildman–Crippen MR) is 70.9 cm³/mol. The molecule has 2 N–H and O–H groups in total. The number of rotatable bonds is 6. The van der Waals surface area contributed by atoms with Crippen LogP contribution in [0.5, 0.6) is 11.5 Å². The fourth-order valence-electron chi connectivity index (χ4n) is 2.68. The third-order valence-electron chi connectivity index (χ3n) is 3.84. The lowest BCUT2D eigenvalue weighted by atomic mass is 9.93. The molecule has 1 aromatic rings. The summed E-state index contributed by atoms with van der Waals surface area (Å²) in [5, 5.41) is 12.6. The van der Waals surface area contributed by atoms with Gasteiger partial charge in [0.15, 0.2) is 11.5 Å². The van der Waals surface area contributed by atoms with Crippen LogP contribution in [0.1, 0.15) is 12.0 Å². The second-order valence-electron chi connectivity index (χ2n) is 4.80. The van der Waals surface area contributed by atoms with Crippen molar-refractivity contribution in [2.24, 2.45) is 5.92 Å². The molecule has 1 aliphatic rings. The number of nitrogens with one attached hydrogen (secondary N) is 1. The standard InChI is InChI=1S/C14H19NO4/c1-15-8-10-7-14(10,13(16)17)9-4-5-11(18-2)12(6-9)19-3/h4-6,10,15H,7-8H2,1-3H3,(H,16,17). The third-order valence-corrected chi connectivity index (χ3v) is 3.84. The maximum atomic E-state index is 11.6. The van der Waals surface area contributed by atoms with Crippen LogP contribution in [0, 0.1) is 5.92 Å². The number of carboxylic acids is 1. The summed E-state index contributed by atoms with van der Waals surface area (Å²) < 4.78 is 10.4. The van der Waals surface area contributed by atoms with E-state index in [-0.39, 0.29) is 5.92 Å². The van der Waals surface area contributed by atoms with Crippen LogP contribution in [0.3, 0.4) is 0 Å². The van der Waals surface area contributed by atoms with Gasteiger partial charge in [0.25, 0.3) is 0 Å². The Kier molecular flexibility index (Phi) is 3.66. The molecule has 0 heterocycles. The van der Waals surface area contributed by atoms with Gasteiger partial charge in [-0.3, -0.25) is 4.79 Å². The summed E-state index contributed by atoms with van der Waals surface area (Å²) in [5.74, 6) is 0.515. The Balaban J connectivity index is 2.37. The molecule has 1 saturated carbocycles. The lowest BCUT2D eigenvalue weighted by molar-refractivity contribution is -0.140. The quantitative estimate of drug-likeness (QED) is 0.810. The van der Waals surface area contributed by atoms with Crippen LogP contribution in [0.4, 0.5) is 0 Å². The largest absolute Gasteiger partial charge is 0.493 e. The number of methoxy groups -OCH3 is 2. The van der Waals surface area contributed by atoms with Gasteiger partial charge in [0.2, 0.25) is 0 Å². The van der Waals surface area contributed by atoms with Crippen molar-refractivity contribution in [3.8, 4) is 11.5 Å². The zero-order valence-electron chi connectivity index (χ0n) is 11.4. The van der Waals surface area contributed by atoms with Crippen molar-refractivity contribution in [3.63, 3.8) is 0 Å². The van der Waals surface area contributed by atoms with Crippen molar-refractivity contribution >= 4 is 5.97 Å². The minimum Gasteiger partial charge on any atom is -0.493 e. The number of carboxylic acid groups (broad SMARTS) is 1. The van der Waals surface area contributed by atoms with Crippen molar-refractivity contribution < 1.29 is 19.4 Å². The topological polar surface area (TPSA) is 67.8 Å². The fourth-order valence-corrected chi connectivity index (χ4v) is 2.68. The number of hydrogen-bond donors (Lipinski definition) is 2. The first-order valence-corrected chi connectivity index (χ1v) is 6.20. The smallest absolute Gasteiger partial charge is 0.314 e. The lowest BCUT2D eigenvalue weighted by Gasteiger charge is -2.16. The Morgan fingerprint density at radius 2 is 2.11 bits per heavy atom. The van der Waals surface area contributed by atoms with Gasteiger partial charge in [-0.15, -0.1) is 0 Å². The molecule has 2 rings (SSSR count). The Bertz CT molecular complexity index is 488. The molecule has 1 aliphatic carbocycles. The first kappa shape index (κ1) is 13.7. The van der Waals surface area contributed by atoms with Gasteiger partial charge >= 0.3 is 5.97 Å². The molecule has 0 amide bonds. The molecule has 104 valence electrons. The van der Waals surface area contributed by atoms with Crippen LogP contribution in [0.15, 0.2) is 18.2 Å². The van der Waals surface area contributed by atoms with Crippen molar-refractivity contribution in [3.05, 3.63) is 23.8 Å². The minimum atomic E-state index is -0.789. The van der Waals surface area contributed by atoms with Crippen LogP contribution >= 0.6 is 0 Å². The van der Waals surface area contributed by atoms with Gasteiger partial charge in [-0.1, -0.05) is 6.07 Å². The van der Waals surface area contributed by atoms with Crippen molar-refractivity contribution in [1.82, 2.24) is 5.32 Å². The van der Waals surface area contributed by atoms with E-state index in [1.807, 2.05) is 13.1 Å². The number of carbonyl (C=O) groups is 1. The molecule has 19 heavy (non-hydrogen) atoms. The first-order valence-electron chi connectivity index (χ1n) is 6.20. The van der Waals surface area contributed by atoms with E-state index in [1.54, 1.807) is 26.4 Å². The molecule has 0 bridgehead atoms. The molecular formula is C14H19NO4. The molecule has 5 heteroatoms. The molecular weight excluding hydrogens is 246 g/mol. The van der Waals surface area contributed by atoms with E-state index in [0.29, 0.717) is 24.5 Å². The van der Waals surface area contributed by atoms with Gasteiger partial charge in [-0.05, 0) is 43.6 Å². The van der Waals surface area contributed by atoms with Gasteiger partial charge in [-0.2, -0.15) is 0 Å². The molecule has 0 saturated heterocycles. The van der Waals surface area contributed by atoms with E-state index in [4.69, 9.17) is 9.47 Å². The highest BCUT2D eigenvalue weighted by Gasteiger charge is 2.61. The maximum absolute atomic E-state index is 11.6. The molecule has 2 unspecified atom stereocenters. The second-order valence-corrected chi connectivity index (χ2v) is 4.80. The Morgan fingerprint density at radius 3 is 2.63 bits per heavy atom. The van der Waals surface area contributed by atoms with Gasteiger partial charge < -0.3 is 19.9 Å². The highest BCUT2D eigenvalue weighted by atomic mass is 16.5. The zero-order valence-corrected chi connectivity index (χ0v) is 11.4. The first-order chi connectivity index (χ1) is 9.09. The third kappa shape index (κ3) is 2.14. The normalized spacial score (nSPS) is 24.9. The Morgan fingerprint density at radius 1 is 1.42 bits per heavy atom. The summed E-state index contributed by atoms with van der Waals surface area (Å²) in [6.07, 6.45) is 0.651. The molecule has 1 fully saturated rings. The average molecular weight is 265 g/mol. The average Bonchev–Trinajstić information content (AvgIpc) is 3.14. The van der Waals surface area contributed by atoms with E-state index in [0.717, 1.165) is 5.56 Å². The van der Waals surface area contributed by atoms with Crippen LogP contribution in [0.25, 0.3) is 0 Å². The number of hydrogen-bond acceptors (Lipinski definition) is 4. The molecule has 0 spiro atoms. The molecule has 2 atom stereocenters. The molecule has 0 aliphatic heterocycles. The highest BCUT2D eigenvalue weighted by molar-refractivity contribution is 5.86. The maximum Gasteiger partial charge on any atom is 0.314 e. The van der Waals surface area contributed by atoms with Crippen LogP contribution in [0.2, 0.25) is 0 Å². The van der Waals surface area contributed by atoms with E-state index in [1.165, 1.54) is 0 Å². The predicted octanol–water partition coefficient (Wildman–Crippen LogP) is 1.27. The van der Waals surface area contributed by atoms with Crippen molar-refractivity contribution in [2.75, 3.05) is 27.8 Å². The van der Waals surface area contributed by atoms with E-state index in [9.17, 15) is 9.90 Å². The number of aliphatic carboxylic acids is 1. The molecule has 5 nitrogen and oxygen atoms in total. The van der Waals surface area contributed by atoms with Crippen LogP contribution in [-0.2, 0) is 10.2 Å². The van der Waals surface area contributed by atoms with Crippen LogP contribution < -0.4 is 14.8 Å². The SMILES string of the molecule is CNCC1CC1(C(=O)O)c1ccc(OC)c(OC)c1. The van der Waals surface area contributed by atoms with E-state index >= 15 is 0 Å². The summed E-state index contributed by atoms with van der Waals surface area (Å²) in [6, 6.07) is 5.33. The summed E-state index contributed by atoms with van der Waals surface area (Å²) >= 11 is 0. The number of benzene rings is 1. The van der Waals surface area contributed by atoms with Gasteiger partial charge in [-0.25, -0.2) is 0 Å². The summed E-state index contributed by atoms with van der Waals surface area (Å²) in [4.78, 5) is 11.6. The van der Waals surface area contributed by atoms with E-state index in [2.05, 4.69) is 5.32 Å².